The fraction of sp³-hybridized carbons (Fsp3) is 0.188. The molecule has 0 saturated carbocycles. The molecule has 0 radical (unpaired) electrons. The SMILES string of the molecule is O=C(c1ccc(F)cc1)C(F)CCOc1c(F)ccc(Br)c1F. The Morgan fingerprint density at radius 3 is 2.39 bits per heavy atom. The Balaban J connectivity index is 1.95. The van der Waals surface area contributed by atoms with Gasteiger partial charge in [-0.2, -0.15) is 0 Å². The molecule has 1 atom stereocenters. The number of carbonyl (C=O) groups excluding carboxylic acids is 1. The van der Waals surface area contributed by atoms with Gasteiger partial charge in [-0.15, -0.1) is 0 Å². The average molecular weight is 391 g/mol. The van der Waals surface area contributed by atoms with Crippen molar-refractivity contribution < 1.29 is 27.1 Å². The van der Waals surface area contributed by atoms with E-state index in [0.717, 1.165) is 18.2 Å². The normalized spacial score (nSPS) is 12.0. The maximum atomic E-state index is 13.8. The van der Waals surface area contributed by atoms with Crippen molar-refractivity contribution in [1.82, 2.24) is 0 Å². The molecule has 23 heavy (non-hydrogen) atoms. The molecule has 2 nitrogen and oxygen atoms in total. The number of benzene rings is 2. The number of alkyl halides is 1. The Morgan fingerprint density at radius 2 is 1.74 bits per heavy atom. The zero-order valence-electron chi connectivity index (χ0n) is 11.7. The van der Waals surface area contributed by atoms with Gasteiger partial charge >= 0.3 is 0 Å². The van der Waals surface area contributed by atoms with Gasteiger partial charge in [-0.05, 0) is 52.3 Å². The fourth-order valence-electron chi connectivity index (χ4n) is 1.83. The molecule has 2 rings (SSSR count). The van der Waals surface area contributed by atoms with E-state index in [4.69, 9.17) is 4.74 Å². The van der Waals surface area contributed by atoms with Crippen LogP contribution in [0.1, 0.15) is 16.8 Å². The second-order valence-electron chi connectivity index (χ2n) is 4.65. The number of Topliss-reactive ketones (excluding diaryl/α,β-unsaturated/α-hetero) is 1. The van der Waals surface area contributed by atoms with Gasteiger partial charge in [-0.3, -0.25) is 4.79 Å². The zero-order chi connectivity index (χ0) is 17.0. The van der Waals surface area contributed by atoms with E-state index in [1.54, 1.807) is 0 Å². The van der Waals surface area contributed by atoms with E-state index < -0.39 is 41.8 Å². The number of hydrogen-bond acceptors (Lipinski definition) is 2. The molecule has 122 valence electrons. The van der Waals surface area contributed by atoms with Crippen LogP contribution in [0, 0.1) is 17.5 Å². The van der Waals surface area contributed by atoms with E-state index in [1.807, 2.05) is 0 Å². The predicted molar refractivity (Wildman–Crippen MR) is 79.8 cm³/mol. The van der Waals surface area contributed by atoms with E-state index in [2.05, 4.69) is 15.9 Å². The molecule has 0 N–H and O–H groups in total. The number of hydrogen-bond donors (Lipinski definition) is 0. The molecule has 0 fully saturated rings. The van der Waals surface area contributed by atoms with Gasteiger partial charge in [0, 0.05) is 12.0 Å². The van der Waals surface area contributed by atoms with Gasteiger partial charge in [0.25, 0.3) is 0 Å². The van der Waals surface area contributed by atoms with Crippen LogP contribution < -0.4 is 4.74 Å². The third kappa shape index (κ3) is 4.31. The third-order valence-electron chi connectivity index (χ3n) is 3.03. The maximum Gasteiger partial charge on any atom is 0.197 e. The van der Waals surface area contributed by atoms with E-state index in [1.165, 1.54) is 18.2 Å². The van der Waals surface area contributed by atoms with Gasteiger partial charge in [-0.1, -0.05) is 0 Å². The number of ketones is 1. The van der Waals surface area contributed by atoms with Crippen LogP contribution in [-0.2, 0) is 0 Å². The van der Waals surface area contributed by atoms with Crippen molar-refractivity contribution in [1.29, 1.82) is 0 Å². The summed E-state index contributed by atoms with van der Waals surface area (Å²) in [5.74, 6) is -3.89. The standard InChI is InChI=1S/C16H11BrF4O2/c17-11-5-6-13(20)16(14(11)21)23-8-7-12(19)15(22)9-1-3-10(18)4-2-9/h1-6,12H,7-8H2. The first kappa shape index (κ1) is 17.5. The minimum absolute atomic E-state index is 0.00749. The Labute approximate surface area is 138 Å². The van der Waals surface area contributed by atoms with Crippen molar-refractivity contribution in [3.8, 4) is 5.75 Å². The van der Waals surface area contributed by atoms with Gasteiger partial charge in [0.15, 0.2) is 29.3 Å². The number of rotatable bonds is 6. The topological polar surface area (TPSA) is 26.3 Å². The average Bonchev–Trinajstić information content (AvgIpc) is 2.54. The smallest absolute Gasteiger partial charge is 0.197 e. The Hall–Kier alpha value is -1.89. The zero-order valence-corrected chi connectivity index (χ0v) is 13.2. The summed E-state index contributed by atoms with van der Waals surface area (Å²) in [4.78, 5) is 11.8. The van der Waals surface area contributed by atoms with E-state index in [-0.39, 0.29) is 16.5 Å². The molecule has 0 saturated heterocycles. The molecular formula is C16H11BrF4O2. The summed E-state index contributed by atoms with van der Waals surface area (Å²) in [6.07, 6.45) is -2.31. The van der Waals surface area contributed by atoms with Crippen LogP contribution in [0.15, 0.2) is 40.9 Å². The maximum absolute atomic E-state index is 13.8. The third-order valence-corrected chi connectivity index (χ3v) is 3.65. The lowest BCUT2D eigenvalue weighted by Gasteiger charge is -2.11. The highest BCUT2D eigenvalue weighted by Gasteiger charge is 2.20. The lowest BCUT2D eigenvalue weighted by molar-refractivity contribution is 0.0849. The molecule has 0 spiro atoms. The minimum Gasteiger partial charge on any atom is -0.487 e. The Morgan fingerprint density at radius 1 is 1.09 bits per heavy atom. The molecule has 7 heteroatoms. The summed E-state index contributed by atoms with van der Waals surface area (Å²) < 4.78 is 58.6. The van der Waals surface area contributed by atoms with Crippen molar-refractivity contribution in [3.63, 3.8) is 0 Å². The summed E-state index contributed by atoms with van der Waals surface area (Å²) in [6.45, 7) is -0.390. The lowest BCUT2D eigenvalue weighted by Crippen LogP contribution is -2.19. The highest BCUT2D eigenvalue weighted by atomic mass is 79.9. The van der Waals surface area contributed by atoms with Crippen LogP contribution >= 0.6 is 15.9 Å². The number of halogens is 5. The van der Waals surface area contributed by atoms with Gasteiger partial charge in [0.2, 0.25) is 0 Å². The Kier molecular flexibility index (Phi) is 5.76. The van der Waals surface area contributed by atoms with Crippen molar-refractivity contribution in [3.05, 3.63) is 63.9 Å². The summed E-state index contributed by atoms with van der Waals surface area (Å²) in [6, 6.07) is 6.59. The summed E-state index contributed by atoms with van der Waals surface area (Å²) in [5.41, 5.74) is 0.0127. The van der Waals surface area contributed by atoms with Crippen molar-refractivity contribution >= 4 is 21.7 Å². The largest absolute Gasteiger partial charge is 0.487 e. The summed E-state index contributed by atoms with van der Waals surface area (Å²) >= 11 is 2.88. The first-order valence-electron chi connectivity index (χ1n) is 6.60. The molecule has 2 aromatic rings. The molecule has 0 aliphatic rings. The van der Waals surface area contributed by atoms with Gasteiger partial charge in [-0.25, -0.2) is 17.6 Å². The number of ether oxygens (including phenoxy) is 1. The van der Waals surface area contributed by atoms with Crippen LogP contribution in [-0.4, -0.2) is 18.6 Å². The minimum atomic E-state index is -1.92. The van der Waals surface area contributed by atoms with Crippen LogP contribution in [0.3, 0.4) is 0 Å². The molecule has 0 bridgehead atoms. The first-order valence-corrected chi connectivity index (χ1v) is 7.39. The van der Waals surface area contributed by atoms with Gasteiger partial charge in [0.1, 0.15) is 5.82 Å². The second kappa shape index (κ2) is 7.59. The summed E-state index contributed by atoms with van der Waals surface area (Å²) in [7, 11) is 0. The van der Waals surface area contributed by atoms with E-state index in [9.17, 15) is 22.4 Å². The monoisotopic (exact) mass is 390 g/mol. The van der Waals surface area contributed by atoms with Crippen LogP contribution in [0.2, 0.25) is 0 Å². The van der Waals surface area contributed by atoms with Crippen LogP contribution in [0.4, 0.5) is 17.6 Å². The van der Waals surface area contributed by atoms with E-state index in [0.29, 0.717) is 0 Å². The van der Waals surface area contributed by atoms with Crippen LogP contribution in [0.5, 0.6) is 5.75 Å². The highest BCUT2D eigenvalue weighted by molar-refractivity contribution is 9.10. The molecule has 0 amide bonds. The molecule has 1 unspecified atom stereocenters. The molecule has 0 aliphatic carbocycles. The predicted octanol–water partition coefficient (Wildman–Crippen LogP) is 4.86. The Bertz CT molecular complexity index is 704. The molecule has 0 aromatic heterocycles. The molecular weight excluding hydrogens is 380 g/mol. The molecule has 0 aliphatic heterocycles. The van der Waals surface area contributed by atoms with E-state index >= 15 is 0 Å². The quantitative estimate of drug-likeness (QED) is 0.400. The molecule has 0 heterocycles. The number of carbonyl (C=O) groups is 1. The van der Waals surface area contributed by atoms with Gasteiger partial charge in [0.05, 0.1) is 11.1 Å². The second-order valence-corrected chi connectivity index (χ2v) is 5.50. The van der Waals surface area contributed by atoms with Crippen molar-refractivity contribution in [2.75, 3.05) is 6.61 Å². The summed E-state index contributed by atoms with van der Waals surface area (Å²) in [5, 5.41) is 0. The first-order chi connectivity index (χ1) is 10.9. The van der Waals surface area contributed by atoms with Crippen LogP contribution in [0.25, 0.3) is 0 Å². The van der Waals surface area contributed by atoms with Gasteiger partial charge < -0.3 is 4.74 Å². The fourth-order valence-corrected chi connectivity index (χ4v) is 2.14. The lowest BCUT2D eigenvalue weighted by atomic mass is 10.1. The highest BCUT2D eigenvalue weighted by Crippen LogP contribution is 2.28. The molecule has 2 aromatic carbocycles. The van der Waals surface area contributed by atoms with Crippen molar-refractivity contribution in [2.45, 2.75) is 12.6 Å². The van der Waals surface area contributed by atoms with Crippen molar-refractivity contribution in [2.24, 2.45) is 0 Å².